The Morgan fingerprint density at radius 2 is 1.35 bits per heavy atom. The first-order chi connectivity index (χ1) is 20.5. The number of rotatable bonds is 5. The molecule has 0 fully saturated rings. The van der Waals surface area contributed by atoms with E-state index in [1.54, 1.807) is 0 Å². The summed E-state index contributed by atoms with van der Waals surface area (Å²) >= 11 is -4.82. The van der Waals surface area contributed by atoms with Gasteiger partial charge in [-0.2, -0.15) is 0 Å². The summed E-state index contributed by atoms with van der Waals surface area (Å²) in [5.41, 5.74) is 12.2. The van der Waals surface area contributed by atoms with Crippen LogP contribution in [-0.4, -0.2) is 5.92 Å². The number of fused-ring (bicyclic) bond motifs is 5. The molecule has 1 unspecified atom stereocenters. The maximum atomic E-state index is 8.53. The summed E-state index contributed by atoms with van der Waals surface area (Å²) in [5.74, 6) is -1.62. The van der Waals surface area contributed by atoms with Crippen molar-refractivity contribution in [3.8, 4) is 22.3 Å². The van der Waals surface area contributed by atoms with Gasteiger partial charge in [-0.1, -0.05) is 0 Å². The van der Waals surface area contributed by atoms with E-state index in [1.807, 2.05) is 0 Å². The third kappa shape index (κ3) is 4.63. The number of allylic oxidation sites excluding steroid dienone is 1. The van der Waals surface area contributed by atoms with Crippen molar-refractivity contribution in [1.29, 1.82) is 0 Å². The van der Waals surface area contributed by atoms with Gasteiger partial charge < -0.3 is 0 Å². The normalized spacial score (nSPS) is 16.9. The fraction of sp³-hybridized carbons (Fsp3) is 0.231. The van der Waals surface area contributed by atoms with Gasteiger partial charge in [0.2, 0.25) is 0 Å². The summed E-state index contributed by atoms with van der Waals surface area (Å²) in [5, 5.41) is 2.55. The maximum absolute atomic E-state index is 8.53. The van der Waals surface area contributed by atoms with Crippen LogP contribution in [0.1, 0.15) is 53.1 Å². The third-order valence-corrected chi connectivity index (χ3v) is 59.9. The molecule has 5 aromatic carbocycles. The Morgan fingerprint density at radius 1 is 0.721 bits per heavy atom. The van der Waals surface area contributed by atoms with Crippen LogP contribution < -0.4 is 3.27 Å². The molecule has 0 amide bonds. The molecule has 1 atom stereocenters. The summed E-state index contributed by atoms with van der Waals surface area (Å²) in [7, 11) is 17.1. The van der Waals surface area contributed by atoms with E-state index in [2.05, 4.69) is 143 Å². The first kappa shape index (κ1) is 29.5. The van der Waals surface area contributed by atoms with Crippen LogP contribution in [0.2, 0.25) is 13.1 Å². The third-order valence-electron chi connectivity index (χ3n) is 9.92. The molecule has 2 aliphatic rings. The van der Waals surface area contributed by atoms with Crippen LogP contribution in [0, 0.1) is 5.41 Å². The number of halogens is 2. The van der Waals surface area contributed by atoms with Crippen LogP contribution in [0.15, 0.2) is 109 Å². The Hall–Kier alpha value is -2.22. The molecular weight excluding hydrogens is 659 g/mol. The van der Waals surface area contributed by atoms with Crippen LogP contribution in [0.3, 0.4) is 0 Å². The van der Waals surface area contributed by atoms with Crippen molar-refractivity contribution in [3.63, 3.8) is 0 Å². The molecule has 0 aromatic heterocycles. The Labute approximate surface area is 265 Å². The van der Waals surface area contributed by atoms with Crippen LogP contribution in [-0.2, 0) is 22.0 Å². The molecule has 7 rings (SSSR count). The van der Waals surface area contributed by atoms with Gasteiger partial charge in [0.05, 0.1) is 0 Å². The molecule has 0 aliphatic heterocycles. The van der Waals surface area contributed by atoms with E-state index in [0.29, 0.717) is 0 Å². The fourth-order valence-electron chi connectivity index (χ4n) is 7.95. The zero-order chi connectivity index (χ0) is 30.2. The Kier molecular flexibility index (Phi) is 7.14. The van der Waals surface area contributed by atoms with Gasteiger partial charge in [0.15, 0.2) is 0 Å². The molecule has 0 bridgehead atoms. The van der Waals surface area contributed by atoms with Crippen LogP contribution in [0.4, 0.5) is 0 Å². The molecular formula is C39H39Cl2SiZr. The fourth-order valence-corrected chi connectivity index (χ4v) is 35.7. The van der Waals surface area contributed by atoms with Gasteiger partial charge in [0.1, 0.15) is 0 Å². The molecule has 0 radical (unpaired) electrons. The zero-order valence-corrected chi connectivity index (χ0v) is 30.8. The van der Waals surface area contributed by atoms with Crippen molar-refractivity contribution in [2.45, 2.75) is 50.3 Å². The van der Waals surface area contributed by atoms with E-state index in [9.17, 15) is 0 Å². The van der Waals surface area contributed by atoms with E-state index in [4.69, 9.17) is 17.0 Å². The first-order valence-electron chi connectivity index (χ1n) is 15.6. The average Bonchev–Trinajstić information content (AvgIpc) is 3.54. The summed E-state index contributed by atoms with van der Waals surface area (Å²) < 4.78 is 1.38. The average molecular weight is 698 g/mol. The first-order valence-corrected chi connectivity index (χ1v) is 31.7. The number of benzene rings is 5. The van der Waals surface area contributed by atoms with E-state index in [0.717, 1.165) is 12.8 Å². The van der Waals surface area contributed by atoms with Crippen molar-refractivity contribution < 1.29 is 15.6 Å². The van der Waals surface area contributed by atoms with Gasteiger partial charge in [0, 0.05) is 0 Å². The van der Waals surface area contributed by atoms with Crippen molar-refractivity contribution in [2.24, 2.45) is 5.41 Å². The van der Waals surface area contributed by atoms with Gasteiger partial charge in [-0.3, -0.25) is 0 Å². The second-order valence-electron chi connectivity index (χ2n) is 14.2. The Bertz CT molecular complexity index is 1940. The molecule has 0 heterocycles. The van der Waals surface area contributed by atoms with Crippen molar-refractivity contribution >= 4 is 43.1 Å². The standard InChI is InChI=1S/C24H23.C13H9.C2H7Si.2ClH.Zr/c1-24(2,3)16-17-14-19-10-7-13-22(23(19)15-17)21-12-6-9-18-8-4-5-11-20(18)21;1-3-7-12-10(5-1)9-11-6-2-4-8-13(11)12;1-3-2;;;/h4-15H,16H2,1-3H3;1-5,7-8H,9H2;3H,1-2H3;2*1H;/q;;;;;+2/p-2. The zero-order valence-electron chi connectivity index (χ0n) is 25.7. The molecule has 4 heteroatoms. The molecule has 0 nitrogen and oxygen atoms in total. The molecule has 0 spiro atoms. The molecule has 0 saturated carbocycles. The Morgan fingerprint density at radius 3 is 2.14 bits per heavy atom. The van der Waals surface area contributed by atoms with Crippen LogP contribution in [0.25, 0.3) is 39.1 Å². The van der Waals surface area contributed by atoms with Gasteiger partial charge in [-0.05, 0) is 0 Å². The number of hydrogen-bond acceptors (Lipinski definition) is 0. The molecule has 2 aliphatic carbocycles. The van der Waals surface area contributed by atoms with Crippen molar-refractivity contribution in [2.75, 3.05) is 0 Å². The van der Waals surface area contributed by atoms with E-state index in [1.165, 1.54) is 64.1 Å². The monoisotopic (exact) mass is 695 g/mol. The topological polar surface area (TPSA) is 0 Å². The van der Waals surface area contributed by atoms with E-state index >= 15 is 0 Å². The molecule has 43 heavy (non-hydrogen) atoms. The van der Waals surface area contributed by atoms with E-state index in [-0.39, 0.29) is 9.04 Å². The molecule has 0 N–H and O–H groups in total. The molecule has 217 valence electrons. The van der Waals surface area contributed by atoms with Crippen LogP contribution in [0.5, 0.6) is 0 Å². The minimum absolute atomic E-state index is 0.0656. The Balaban J connectivity index is 1.50. The molecule has 0 saturated heterocycles. The second kappa shape index (κ2) is 10.4. The van der Waals surface area contributed by atoms with E-state index < -0.39 is 21.5 Å². The van der Waals surface area contributed by atoms with Crippen molar-refractivity contribution in [3.05, 3.63) is 131 Å². The SMILES string of the molecule is C[SiH](C)[Zr]([Cl])([Cl])([c]1cccc2c1Cc1ccccc1-2)[CH]1C(CC(C)(C)C)=Cc2c(-c3cccc4ccccc34)cccc21. The second-order valence-corrected chi connectivity index (χ2v) is 55.6. The summed E-state index contributed by atoms with van der Waals surface area (Å²) in [6.45, 7) is 11.9. The summed E-state index contributed by atoms with van der Waals surface area (Å²) in [4.78, 5) is 0. The van der Waals surface area contributed by atoms with Gasteiger partial charge in [0.25, 0.3) is 0 Å². The van der Waals surface area contributed by atoms with Crippen molar-refractivity contribution in [1.82, 2.24) is 0 Å². The van der Waals surface area contributed by atoms with Crippen LogP contribution >= 0.6 is 17.0 Å². The summed E-state index contributed by atoms with van der Waals surface area (Å²) in [6, 6.07) is 37.9. The molecule has 5 aromatic rings. The number of hydrogen-bond donors (Lipinski definition) is 0. The minimum atomic E-state index is -4.82. The quantitative estimate of drug-likeness (QED) is 0.157. The predicted molar refractivity (Wildman–Crippen MR) is 189 cm³/mol. The van der Waals surface area contributed by atoms with Gasteiger partial charge >= 0.3 is 268 Å². The van der Waals surface area contributed by atoms with Gasteiger partial charge in [-0.25, -0.2) is 0 Å². The predicted octanol–water partition coefficient (Wildman–Crippen LogP) is 11.3. The summed E-state index contributed by atoms with van der Waals surface area (Å²) in [6.07, 6.45) is 4.39. The van der Waals surface area contributed by atoms with Gasteiger partial charge in [-0.15, -0.1) is 0 Å².